The van der Waals surface area contributed by atoms with Gasteiger partial charge < -0.3 is 21.5 Å². The molecule has 18 heavy (non-hydrogen) atoms. The molecule has 0 aromatic heterocycles. The Hall–Kier alpha value is -2.57. The number of phenols is 1. The van der Waals surface area contributed by atoms with E-state index < -0.39 is 17.6 Å². The third-order valence-corrected chi connectivity index (χ3v) is 2.00. The molecular formula is C11H13N3O4. The van der Waals surface area contributed by atoms with Gasteiger partial charge >= 0.3 is 0 Å². The molecule has 3 amide bonds. The average Bonchev–Trinajstić information content (AvgIpc) is 2.12. The molecule has 1 aromatic carbocycles. The van der Waals surface area contributed by atoms with Crippen LogP contribution in [0.2, 0.25) is 0 Å². The molecule has 1 aromatic rings. The average molecular weight is 251 g/mol. The highest BCUT2D eigenvalue weighted by atomic mass is 16.3. The SMILES string of the molecule is CC(=O)Nc1cc(O)c(C(N)=O)c(NC(C)=O)c1. The van der Waals surface area contributed by atoms with Gasteiger partial charge in [0.05, 0.1) is 5.69 Å². The number of anilines is 2. The Morgan fingerprint density at radius 2 is 1.67 bits per heavy atom. The summed E-state index contributed by atoms with van der Waals surface area (Å²) in [7, 11) is 0. The van der Waals surface area contributed by atoms with Crippen molar-refractivity contribution in [2.45, 2.75) is 13.8 Å². The maximum absolute atomic E-state index is 11.2. The summed E-state index contributed by atoms with van der Waals surface area (Å²) in [6, 6.07) is 2.51. The fourth-order valence-electron chi connectivity index (χ4n) is 1.45. The number of nitrogens with one attached hydrogen (secondary N) is 2. The van der Waals surface area contributed by atoms with E-state index in [1.807, 2.05) is 0 Å². The highest BCUT2D eigenvalue weighted by Crippen LogP contribution is 2.30. The monoisotopic (exact) mass is 251 g/mol. The number of benzene rings is 1. The number of carbonyl (C=O) groups is 3. The van der Waals surface area contributed by atoms with Gasteiger partial charge in [0.2, 0.25) is 11.8 Å². The van der Waals surface area contributed by atoms with Crippen LogP contribution < -0.4 is 16.4 Å². The van der Waals surface area contributed by atoms with Gasteiger partial charge in [-0.25, -0.2) is 0 Å². The summed E-state index contributed by atoms with van der Waals surface area (Å²) in [5, 5.41) is 14.4. The predicted octanol–water partition coefficient (Wildman–Crippen LogP) is 0.408. The van der Waals surface area contributed by atoms with Gasteiger partial charge in [0.1, 0.15) is 11.3 Å². The number of hydrogen-bond donors (Lipinski definition) is 4. The van der Waals surface area contributed by atoms with E-state index in [0.717, 1.165) is 0 Å². The summed E-state index contributed by atoms with van der Waals surface area (Å²) in [6.07, 6.45) is 0. The van der Waals surface area contributed by atoms with Crippen molar-refractivity contribution in [2.75, 3.05) is 10.6 Å². The normalized spacial score (nSPS) is 9.67. The maximum Gasteiger partial charge on any atom is 0.254 e. The van der Waals surface area contributed by atoms with Gasteiger partial charge in [-0.1, -0.05) is 0 Å². The lowest BCUT2D eigenvalue weighted by Gasteiger charge is -2.12. The van der Waals surface area contributed by atoms with Crippen LogP contribution in [0.1, 0.15) is 24.2 Å². The van der Waals surface area contributed by atoms with Crippen molar-refractivity contribution in [1.29, 1.82) is 0 Å². The Kier molecular flexibility index (Phi) is 3.88. The van der Waals surface area contributed by atoms with Crippen LogP contribution in [0.5, 0.6) is 5.75 Å². The summed E-state index contributed by atoms with van der Waals surface area (Å²) in [5.74, 6) is -2.09. The number of nitrogens with two attached hydrogens (primary N) is 1. The molecule has 5 N–H and O–H groups in total. The van der Waals surface area contributed by atoms with Crippen LogP contribution in [0.4, 0.5) is 11.4 Å². The molecule has 0 atom stereocenters. The number of hydrogen-bond acceptors (Lipinski definition) is 4. The topological polar surface area (TPSA) is 122 Å². The van der Waals surface area contributed by atoms with Crippen LogP contribution in [0, 0.1) is 0 Å². The highest BCUT2D eigenvalue weighted by Gasteiger charge is 2.16. The van der Waals surface area contributed by atoms with Crippen LogP contribution in [0.15, 0.2) is 12.1 Å². The molecule has 7 nitrogen and oxygen atoms in total. The fraction of sp³-hybridized carbons (Fsp3) is 0.182. The molecule has 0 spiro atoms. The van der Waals surface area contributed by atoms with Gasteiger partial charge in [-0.2, -0.15) is 0 Å². The second-order valence-corrected chi connectivity index (χ2v) is 3.64. The largest absolute Gasteiger partial charge is 0.507 e. The van der Waals surface area contributed by atoms with Crippen LogP contribution >= 0.6 is 0 Å². The summed E-state index contributed by atoms with van der Waals surface area (Å²) in [5.41, 5.74) is 5.18. The molecule has 0 saturated heterocycles. The van der Waals surface area contributed by atoms with Crippen molar-refractivity contribution >= 4 is 29.1 Å². The minimum absolute atomic E-state index is 0.0405. The molecule has 0 aliphatic carbocycles. The minimum atomic E-state index is -0.884. The van der Waals surface area contributed by atoms with Gasteiger partial charge in [0, 0.05) is 25.6 Å². The zero-order valence-electron chi connectivity index (χ0n) is 9.90. The van der Waals surface area contributed by atoms with E-state index in [4.69, 9.17) is 5.73 Å². The summed E-state index contributed by atoms with van der Waals surface area (Å²) < 4.78 is 0. The third kappa shape index (κ3) is 3.21. The molecule has 7 heteroatoms. The first-order valence-electron chi connectivity index (χ1n) is 5.03. The number of aromatic hydroxyl groups is 1. The molecule has 0 aliphatic rings. The molecular weight excluding hydrogens is 238 g/mol. The Morgan fingerprint density at radius 3 is 2.11 bits per heavy atom. The van der Waals surface area contributed by atoms with Crippen LogP contribution in [-0.4, -0.2) is 22.8 Å². The lowest BCUT2D eigenvalue weighted by Crippen LogP contribution is -2.17. The van der Waals surface area contributed by atoms with Crippen molar-refractivity contribution in [3.05, 3.63) is 17.7 Å². The van der Waals surface area contributed by atoms with Crippen LogP contribution in [-0.2, 0) is 9.59 Å². The van der Waals surface area contributed by atoms with Crippen molar-refractivity contribution in [3.8, 4) is 5.75 Å². The zero-order valence-corrected chi connectivity index (χ0v) is 9.90. The third-order valence-electron chi connectivity index (χ3n) is 2.00. The predicted molar refractivity (Wildman–Crippen MR) is 65.2 cm³/mol. The summed E-state index contributed by atoms with van der Waals surface area (Å²) in [4.78, 5) is 33.1. The Labute approximate surface area is 103 Å². The number of primary amides is 1. The Morgan fingerprint density at radius 1 is 1.11 bits per heavy atom. The number of rotatable bonds is 3. The lowest BCUT2D eigenvalue weighted by molar-refractivity contribution is -0.115. The summed E-state index contributed by atoms with van der Waals surface area (Å²) >= 11 is 0. The second-order valence-electron chi connectivity index (χ2n) is 3.64. The second kappa shape index (κ2) is 5.17. The van der Waals surface area contributed by atoms with Gasteiger partial charge in [-0.05, 0) is 6.07 Å². The van der Waals surface area contributed by atoms with E-state index in [0.29, 0.717) is 0 Å². The van der Waals surface area contributed by atoms with Crippen molar-refractivity contribution in [2.24, 2.45) is 5.73 Å². The molecule has 0 radical (unpaired) electrons. The summed E-state index contributed by atoms with van der Waals surface area (Å²) in [6.45, 7) is 2.53. The van der Waals surface area contributed by atoms with Crippen LogP contribution in [0.3, 0.4) is 0 Å². The molecule has 0 fully saturated rings. The van der Waals surface area contributed by atoms with Crippen LogP contribution in [0.25, 0.3) is 0 Å². The highest BCUT2D eigenvalue weighted by molar-refractivity contribution is 6.06. The van der Waals surface area contributed by atoms with E-state index in [9.17, 15) is 19.5 Å². The van der Waals surface area contributed by atoms with Crippen molar-refractivity contribution in [3.63, 3.8) is 0 Å². The Bertz CT molecular complexity index is 525. The number of carbonyl (C=O) groups excluding carboxylic acids is 3. The molecule has 0 saturated carbocycles. The van der Waals surface area contributed by atoms with Crippen molar-refractivity contribution in [1.82, 2.24) is 0 Å². The smallest absolute Gasteiger partial charge is 0.254 e. The van der Waals surface area contributed by atoms with Gasteiger partial charge in [-0.3, -0.25) is 14.4 Å². The first-order chi connectivity index (χ1) is 8.31. The van der Waals surface area contributed by atoms with E-state index in [2.05, 4.69) is 10.6 Å². The molecule has 1 rings (SSSR count). The molecule has 0 aliphatic heterocycles. The van der Waals surface area contributed by atoms with Gasteiger partial charge in [0.15, 0.2) is 0 Å². The first-order valence-corrected chi connectivity index (χ1v) is 5.03. The standard InChI is InChI=1S/C11H13N3O4/c1-5(15)13-7-3-8(14-6(2)16)10(11(12)18)9(17)4-7/h3-4,17H,1-2H3,(H2,12,18)(H,13,15)(H,14,16). The maximum atomic E-state index is 11.2. The van der Waals surface area contributed by atoms with Gasteiger partial charge in [-0.15, -0.1) is 0 Å². The molecule has 0 heterocycles. The van der Waals surface area contributed by atoms with E-state index >= 15 is 0 Å². The zero-order chi connectivity index (χ0) is 13.9. The minimum Gasteiger partial charge on any atom is -0.507 e. The first kappa shape index (κ1) is 13.5. The molecule has 0 bridgehead atoms. The molecule has 0 unspecified atom stereocenters. The fourth-order valence-corrected chi connectivity index (χ4v) is 1.45. The van der Waals surface area contributed by atoms with E-state index in [-0.39, 0.29) is 22.8 Å². The van der Waals surface area contributed by atoms with E-state index in [1.165, 1.54) is 26.0 Å². The van der Waals surface area contributed by atoms with E-state index in [1.54, 1.807) is 0 Å². The quantitative estimate of drug-likeness (QED) is 0.621. The lowest BCUT2D eigenvalue weighted by atomic mass is 10.1. The molecule has 96 valence electrons. The number of amides is 3. The Balaban J connectivity index is 3.31. The van der Waals surface area contributed by atoms with Gasteiger partial charge in [0.25, 0.3) is 5.91 Å². The van der Waals surface area contributed by atoms with Crippen molar-refractivity contribution < 1.29 is 19.5 Å².